The minimum absolute atomic E-state index is 0.0395. The van der Waals surface area contributed by atoms with Crippen LogP contribution in [-0.2, 0) is 24.3 Å². The topological polar surface area (TPSA) is 46.9 Å². The molecule has 0 radical (unpaired) electrons. The van der Waals surface area contributed by atoms with Crippen LogP contribution in [0.3, 0.4) is 0 Å². The monoisotopic (exact) mass is 419 g/mol. The summed E-state index contributed by atoms with van der Waals surface area (Å²) in [6.07, 6.45) is 1.20. The van der Waals surface area contributed by atoms with Gasteiger partial charge < -0.3 is 9.88 Å². The van der Waals surface area contributed by atoms with E-state index in [1.54, 1.807) is 0 Å². The number of nitrogens with one attached hydrogen (secondary N) is 1. The molecular weight excluding hydrogens is 394 g/mol. The molecule has 0 saturated carbocycles. The van der Waals surface area contributed by atoms with Gasteiger partial charge in [-0.3, -0.25) is 4.79 Å². The first-order valence-corrected chi connectivity index (χ1v) is 11.0. The molecule has 1 heterocycles. The van der Waals surface area contributed by atoms with Crippen molar-refractivity contribution in [1.82, 2.24) is 14.9 Å². The van der Waals surface area contributed by atoms with Gasteiger partial charge in [0.15, 0.2) is 0 Å². The third-order valence-corrected chi connectivity index (χ3v) is 5.87. The van der Waals surface area contributed by atoms with Crippen LogP contribution < -0.4 is 5.32 Å². The van der Waals surface area contributed by atoms with E-state index in [-0.39, 0.29) is 5.91 Å². The second-order valence-electron chi connectivity index (χ2n) is 8.00. The lowest BCUT2D eigenvalue weighted by Crippen LogP contribution is -2.25. The second-order valence-corrected chi connectivity index (χ2v) is 8.00. The molecule has 1 amide bonds. The molecule has 1 aromatic heterocycles. The average molecular weight is 420 g/mol. The second kappa shape index (κ2) is 9.06. The summed E-state index contributed by atoms with van der Waals surface area (Å²) in [4.78, 5) is 17.3. The van der Waals surface area contributed by atoms with Gasteiger partial charge in [0.05, 0.1) is 24.1 Å². The van der Waals surface area contributed by atoms with Crippen molar-refractivity contribution in [3.05, 3.63) is 114 Å². The molecule has 0 atom stereocenters. The van der Waals surface area contributed by atoms with Gasteiger partial charge in [-0.1, -0.05) is 84.9 Å². The summed E-state index contributed by atoms with van der Waals surface area (Å²) in [7, 11) is 0. The zero-order valence-corrected chi connectivity index (χ0v) is 17.9. The Morgan fingerprint density at radius 3 is 2.47 bits per heavy atom. The molecule has 4 nitrogen and oxygen atoms in total. The molecule has 4 aromatic carbocycles. The normalized spacial score (nSPS) is 11.1. The molecule has 5 rings (SSSR count). The van der Waals surface area contributed by atoms with E-state index in [1.165, 1.54) is 21.9 Å². The highest BCUT2D eigenvalue weighted by atomic mass is 16.1. The van der Waals surface area contributed by atoms with E-state index in [0.29, 0.717) is 19.5 Å². The van der Waals surface area contributed by atoms with Gasteiger partial charge in [-0.2, -0.15) is 0 Å². The van der Waals surface area contributed by atoms with Gasteiger partial charge in [-0.25, -0.2) is 4.98 Å². The van der Waals surface area contributed by atoms with Gasteiger partial charge in [0.25, 0.3) is 0 Å². The predicted octanol–water partition coefficient (Wildman–Crippen LogP) is 5.49. The number of aromatic nitrogens is 2. The number of imidazole rings is 1. The van der Waals surface area contributed by atoms with E-state index in [4.69, 9.17) is 4.98 Å². The molecule has 0 aliphatic heterocycles. The third kappa shape index (κ3) is 4.26. The fraction of sp³-hybridized carbons (Fsp3) is 0.143. The zero-order valence-electron chi connectivity index (χ0n) is 17.9. The largest absolute Gasteiger partial charge is 0.349 e. The number of para-hydroxylation sites is 2. The molecule has 0 aliphatic rings. The Bertz CT molecular complexity index is 1370. The molecule has 0 unspecified atom stereocenters. The Hall–Kier alpha value is -3.92. The van der Waals surface area contributed by atoms with E-state index in [2.05, 4.69) is 70.5 Å². The summed E-state index contributed by atoms with van der Waals surface area (Å²) < 4.78 is 2.22. The van der Waals surface area contributed by atoms with Crippen molar-refractivity contribution in [3.8, 4) is 0 Å². The summed E-state index contributed by atoms with van der Waals surface area (Å²) in [6.45, 7) is 1.12. The molecule has 32 heavy (non-hydrogen) atoms. The van der Waals surface area contributed by atoms with Gasteiger partial charge in [-0.15, -0.1) is 0 Å². The van der Waals surface area contributed by atoms with E-state index in [1.807, 2.05) is 36.4 Å². The van der Waals surface area contributed by atoms with Crippen LogP contribution >= 0.6 is 0 Å². The number of hydrogen-bond acceptors (Lipinski definition) is 2. The fourth-order valence-electron chi connectivity index (χ4n) is 4.21. The lowest BCUT2D eigenvalue weighted by atomic mass is 10.0. The van der Waals surface area contributed by atoms with Gasteiger partial charge in [0, 0.05) is 6.42 Å². The van der Waals surface area contributed by atoms with Crippen LogP contribution in [0.4, 0.5) is 0 Å². The van der Waals surface area contributed by atoms with E-state index >= 15 is 0 Å². The number of hydrogen-bond donors (Lipinski definition) is 1. The number of amides is 1. The number of carbonyl (C=O) groups excluding carboxylic acids is 1. The fourth-order valence-corrected chi connectivity index (χ4v) is 4.21. The highest BCUT2D eigenvalue weighted by Gasteiger charge is 2.13. The Morgan fingerprint density at radius 1 is 0.812 bits per heavy atom. The van der Waals surface area contributed by atoms with Crippen LogP contribution in [-0.4, -0.2) is 15.5 Å². The van der Waals surface area contributed by atoms with Crippen molar-refractivity contribution in [2.24, 2.45) is 0 Å². The molecular formula is C28H25N3O. The van der Waals surface area contributed by atoms with Gasteiger partial charge in [0.2, 0.25) is 5.91 Å². The van der Waals surface area contributed by atoms with Gasteiger partial charge in [-0.05, 0) is 40.5 Å². The molecule has 5 aromatic rings. The van der Waals surface area contributed by atoms with Crippen molar-refractivity contribution < 1.29 is 4.79 Å². The SMILES string of the molecule is O=C(CCc1ccccc1)NCc1nc2ccccc2n1Cc1cccc2ccccc12. The van der Waals surface area contributed by atoms with Crippen molar-refractivity contribution in [1.29, 1.82) is 0 Å². The van der Waals surface area contributed by atoms with Gasteiger partial charge >= 0.3 is 0 Å². The summed E-state index contributed by atoms with van der Waals surface area (Å²) in [5, 5.41) is 5.54. The molecule has 0 aliphatic carbocycles. The Kier molecular flexibility index (Phi) is 5.67. The number of benzene rings is 4. The molecule has 0 fully saturated rings. The Balaban J connectivity index is 1.38. The average Bonchev–Trinajstić information content (AvgIpc) is 3.19. The Morgan fingerprint density at radius 2 is 1.56 bits per heavy atom. The van der Waals surface area contributed by atoms with Crippen molar-refractivity contribution >= 4 is 27.7 Å². The van der Waals surface area contributed by atoms with Crippen LogP contribution in [0.25, 0.3) is 21.8 Å². The number of carbonyl (C=O) groups is 1. The number of fused-ring (bicyclic) bond motifs is 2. The summed E-state index contributed by atoms with van der Waals surface area (Å²) in [5.41, 5.74) is 4.43. The first-order chi connectivity index (χ1) is 15.8. The first kappa shape index (κ1) is 20.0. The van der Waals surface area contributed by atoms with Crippen LogP contribution in [0.2, 0.25) is 0 Å². The van der Waals surface area contributed by atoms with Gasteiger partial charge in [0.1, 0.15) is 5.82 Å². The quantitative estimate of drug-likeness (QED) is 0.379. The van der Waals surface area contributed by atoms with E-state index in [9.17, 15) is 4.79 Å². The lowest BCUT2D eigenvalue weighted by molar-refractivity contribution is -0.121. The molecule has 1 N–H and O–H groups in total. The van der Waals surface area contributed by atoms with Crippen LogP contribution in [0.1, 0.15) is 23.4 Å². The Labute approximate surface area is 187 Å². The maximum absolute atomic E-state index is 12.5. The molecule has 158 valence electrons. The smallest absolute Gasteiger partial charge is 0.220 e. The van der Waals surface area contributed by atoms with Crippen molar-refractivity contribution in [3.63, 3.8) is 0 Å². The summed E-state index contributed by atoms with van der Waals surface area (Å²) >= 11 is 0. The van der Waals surface area contributed by atoms with Crippen LogP contribution in [0.15, 0.2) is 97.1 Å². The molecule has 0 spiro atoms. The summed E-state index contributed by atoms with van der Waals surface area (Å²) in [5.74, 6) is 0.907. The standard InChI is InChI=1S/C28H25N3O/c32-28(18-17-21-9-2-1-3-10-21)29-19-27-30-25-15-6-7-16-26(25)31(27)20-23-13-8-12-22-11-4-5-14-24(22)23/h1-16H,17-20H2,(H,29,32). The highest BCUT2D eigenvalue weighted by Crippen LogP contribution is 2.23. The van der Waals surface area contributed by atoms with Crippen molar-refractivity contribution in [2.45, 2.75) is 25.9 Å². The van der Waals surface area contributed by atoms with Crippen molar-refractivity contribution in [2.75, 3.05) is 0 Å². The van der Waals surface area contributed by atoms with E-state index in [0.717, 1.165) is 23.3 Å². The maximum Gasteiger partial charge on any atom is 0.220 e. The number of rotatable bonds is 7. The minimum Gasteiger partial charge on any atom is -0.349 e. The zero-order chi connectivity index (χ0) is 21.8. The number of aryl methyl sites for hydroxylation is 1. The highest BCUT2D eigenvalue weighted by molar-refractivity contribution is 5.86. The van der Waals surface area contributed by atoms with Crippen LogP contribution in [0, 0.1) is 0 Å². The molecule has 0 saturated heterocycles. The maximum atomic E-state index is 12.5. The predicted molar refractivity (Wildman–Crippen MR) is 129 cm³/mol. The van der Waals surface area contributed by atoms with E-state index < -0.39 is 0 Å². The molecule has 0 bridgehead atoms. The summed E-state index contributed by atoms with van der Waals surface area (Å²) in [6, 6.07) is 33.1. The number of nitrogens with zero attached hydrogens (tertiary/aromatic N) is 2. The lowest BCUT2D eigenvalue weighted by Gasteiger charge is -2.12. The first-order valence-electron chi connectivity index (χ1n) is 11.0. The minimum atomic E-state index is 0.0395. The van der Waals surface area contributed by atoms with Crippen LogP contribution in [0.5, 0.6) is 0 Å². The molecule has 4 heteroatoms. The third-order valence-electron chi connectivity index (χ3n) is 5.87.